The van der Waals surface area contributed by atoms with Crippen molar-refractivity contribution in [2.45, 2.75) is 19.8 Å². The van der Waals surface area contributed by atoms with Crippen molar-refractivity contribution >= 4 is 34.8 Å². The van der Waals surface area contributed by atoms with Crippen LogP contribution in [0.2, 0.25) is 0 Å². The highest BCUT2D eigenvalue weighted by molar-refractivity contribution is 7.39. The van der Waals surface area contributed by atoms with Crippen molar-refractivity contribution in [1.82, 2.24) is 0 Å². The van der Waals surface area contributed by atoms with Crippen LogP contribution in [0.15, 0.2) is 18.2 Å². The Hall–Kier alpha value is -0.223. The molecule has 0 aliphatic carbocycles. The van der Waals surface area contributed by atoms with Gasteiger partial charge in [-0.2, -0.15) is 0 Å². The van der Waals surface area contributed by atoms with Crippen molar-refractivity contribution < 1.29 is 9.47 Å². The first-order valence-electron chi connectivity index (χ1n) is 4.36. The smallest absolute Gasteiger partial charge is 0.266 e. The van der Waals surface area contributed by atoms with E-state index >= 15 is 0 Å². The van der Waals surface area contributed by atoms with E-state index in [1.807, 2.05) is 25.1 Å². The van der Waals surface area contributed by atoms with E-state index < -0.39 is 7.42 Å². The van der Waals surface area contributed by atoms with Crippen LogP contribution in [-0.2, 0) is 11.3 Å². The molecule has 0 amide bonds. The van der Waals surface area contributed by atoms with Crippen molar-refractivity contribution in [1.29, 1.82) is 0 Å². The zero-order chi connectivity index (χ0) is 10.1. The molecule has 1 aromatic carbocycles. The maximum Gasteiger partial charge on any atom is 0.266 e. The standard InChI is InChI=1S/C9H10Cl2O2Si/c1-6-12-5-7-4-8(14(10)11)2-3-9(7)13-6/h2-4,6,14H,5H2,1H3. The molecule has 0 aromatic heterocycles. The quantitative estimate of drug-likeness (QED) is 0.558. The summed E-state index contributed by atoms with van der Waals surface area (Å²) in [5.74, 6) is 0.871. The average molecular weight is 249 g/mol. The molecule has 14 heavy (non-hydrogen) atoms. The van der Waals surface area contributed by atoms with E-state index in [4.69, 9.17) is 31.6 Å². The summed E-state index contributed by atoms with van der Waals surface area (Å²) in [6.07, 6.45) is -0.173. The third-order valence-corrected chi connectivity index (χ3v) is 4.48. The molecule has 0 saturated heterocycles. The molecule has 1 aliphatic heterocycles. The molecular weight excluding hydrogens is 239 g/mol. The van der Waals surface area contributed by atoms with E-state index in [0.29, 0.717) is 6.61 Å². The third kappa shape index (κ3) is 2.06. The topological polar surface area (TPSA) is 18.5 Å². The van der Waals surface area contributed by atoms with Crippen molar-refractivity contribution in [3.63, 3.8) is 0 Å². The molecule has 76 valence electrons. The molecule has 0 fully saturated rings. The molecule has 1 aliphatic rings. The first-order chi connectivity index (χ1) is 6.66. The zero-order valence-electron chi connectivity index (χ0n) is 7.67. The van der Waals surface area contributed by atoms with E-state index in [2.05, 4.69) is 0 Å². The average Bonchev–Trinajstić information content (AvgIpc) is 2.16. The van der Waals surface area contributed by atoms with Gasteiger partial charge in [0.25, 0.3) is 7.42 Å². The van der Waals surface area contributed by atoms with Crippen LogP contribution in [-0.4, -0.2) is 13.7 Å². The molecule has 0 saturated carbocycles. The lowest BCUT2D eigenvalue weighted by molar-refractivity contribution is -0.0943. The Morgan fingerprint density at radius 3 is 2.93 bits per heavy atom. The van der Waals surface area contributed by atoms with Crippen LogP contribution in [0.5, 0.6) is 5.75 Å². The molecule has 2 rings (SSSR count). The summed E-state index contributed by atoms with van der Waals surface area (Å²) in [6, 6.07) is 5.81. The normalized spacial score (nSPS) is 20.4. The second kappa shape index (κ2) is 4.11. The van der Waals surface area contributed by atoms with Gasteiger partial charge in [-0.25, -0.2) is 0 Å². The predicted molar refractivity (Wildman–Crippen MR) is 59.8 cm³/mol. The minimum absolute atomic E-state index is 0.173. The van der Waals surface area contributed by atoms with Gasteiger partial charge < -0.3 is 9.47 Å². The second-order valence-electron chi connectivity index (χ2n) is 3.16. The largest absolute Gasteiger partial charge is 0.465 e. The summed E-state index contributed by atoms with van der Waals surface area (Å²) < 4.78 is 10.8. The molecule has 1 aromatic rings. The predicted octanol–water partition coefficient (Wildman–Crippen LogP) is 1.85. The molecule has 0 N–H and O–H groups in total. The Morgan fingerprint density at radius 2 is 2.21 bits per heavy atom. The van der Waals surface area contributed by atoms with Gasteiger partial charge in [0.1, 0.15) is 5.75 Å². The van der Waals surface area contributed by atoms with E-state index in [9.17, 15) is 0 Å². The Bertz CT molecular complexity index is 344. The van der Waals surface area contributed by atoms with Crippen LogP contribution >= 0.6 is 22.2 Å². The summed E-state index contributed by atoms with van der Waals surface area (Å²) in [6.45, 7) is 2.44. The minimum atomic E-state index is -1.76. The van der Waals surface area contributed by atoms with E-state index in [1.54, 1.807) is 0 Å². The highest BCUT2D eigenvalue weighted by atomic mass is 35.7. The molecule has 0 spiro atoms. The first-order valence-corrected chi connectivity index (χ1v) is 8.43. The van der Waals surface area contributed by atoms with Gasteiger partial charge in [0.2, 0.25) is 0 Å². The van der Waals surface area contributed by atoms with Crippen LogP contribution in [0.3, 0.4) is 0 Å². The molecular formula is C9H10Cl2O2Si. The van der Waals surface area contributed by atoms with E-state index in [-0.39, 0.29) is 6.29 Å². The number of ether oxygens (including phenoxy) is 2. The second-order valence-corrected chi connectivity index (χ2v) is 7.72. The maximum atomic E-state index is 5.90. The van der Waals surface area contributed by atoms with Crippen LogP contribution in [0.1, 0.15) is 12.5 Å². The van der Waals surface area contributed by atoms with Gasteiger partial charge in [0.05, 0.1) is 6.61 Å². The van der Waals surface area contributed by atoms with Crippen LogP contribution < -0.4 is 9.92 Å². The number of hydrogen-bond acceptors (Lipinski definition) is 2. The van der Waals surface area contributed by atoms with Gasteiger partial charge in [0, 0.05) is 5.56 Å². The molecule has 1 atom stereocenters. The number of halogens is 2. The summed E-state index contributed by atoms with van der Waals surface area (Å²) >= 11 is 11.8. The highest BCUT2D eigenvalue weighted by Crippen LogP contribution is 2.25. The summed E-state index contributed by atoms with van der Waals surface area (Å²) in [7, 11) is -1.76. The number of fused-ring (bicyclic) bond motifs is 1. The van der Waals surface area contributed by atoms with Crippen molar-refractivity contribution in [3.8, 4) is 5.75 Å². The molecule has 0 bridgehead atoms. The van der Waals surface area contributed by atoms with E-state index in [1.165, 1.54) is 0 Å². The Morgan fingerprint density at radius 1 is 1.43 bits per heavy atom. The number of benzene rings is 1. The van der Waals surface area contributed by atoms with Gasteiger partial charge in [-0.05, 0) is 18.2 Å². The molecule has 0 radical (unpaired) electrons. The maximum absolute atomic E-state index is 5.90. The van der Waals surface area contributed by atoms with Crippen LogP contribution in [0, 0.1) is 0 Å². The third-order valence-electron chi connectivity index (χ3n) is 2.10. The SMILES string of the molecule is CC1OCc2cc([SiH](Cl)Cl)ccc2O1. The van der Waals surface area contributed by atoms with Crippen LogP contribution in [0.25, 0.3) is 0 Å². The van der Waals surface area contributed by atoms with Gasteiger partial charge >= 0.3 is 0 Å². The van der Waals surface area contributed by atoms with Gasteiger partial charge in [-0.1, -0.05) is 12.1 Å². The van der Waals surface area contributed by atoms with Gasteiger partial charge in [-0.3, -0.25) is 0 Å². The minimum Gasteiger partial charge on any atom is -0.465 e. The number of hydrogen-bond donors (Lipinski definition) is 0. The van der Waals surface area contributed by atoms with Crippen molar-refractivity contribution in [3.05, 3.63) is 23.8 Å². The molecule has 5 heteroatoms. The Kier molecular flexibility index (Phi) is 3.02. The highest BCUT2D eigenvalue weighted by Gasteiger charge is 2.17. The molecule has 1 unspecified atom stereocenters. The summed E-state index contributed by atoms with van der Waals surface area (Å²) in [5, 5.41) is 1.01. The zero-order valence-corrected chi connectivity index (χ0v) is 10.3. The monoisotopic (exact) mass is 248 g/mol. The van der Waals surface area contributed by atoms with Gasteiger partial charge in [-0.15, -0.1) is 22.2 Å². The lowest BCUT2D eigenvalue weighted by Gasteiger charge is -2.24. The number of rotatable bonds is 1. The Balaban J connectivity index is 2.31. The summed E-state index contributed by atoms with van der Waals surface area (Å²) in [4.78, 5) is 0. The van der Waals surface area contributed by atoms with Crippen molar-refractivity contribution in [2.75, 3.05) is 0 Å². The van der Waals surface area contributed by atoms with Crippen LogP contribution in [0.4, 0.5) is 0 Å². The fourth-order valence-electron chi connectivity index (χ4n) is 1.38. The lowest BCUT2D eigenvalue weighted by Crippen LogP contribution is -2.25. The van der Waals surface area contributed by atoms with E-state index in [0.717, 1.165) is 16.5 Å². The molecule has 1 heterocycles. The molecule has 2 nitrogen and oxygen atoms in total. The van der Waals surface area contributed by atoms with Gasteiger partial charge in [0.15, 0.2) is 6.29 Å². The fourth-order valence-corrected chi connectivity index (χ4v) is 2.77. The van der Waals surface area contributed by atoms with Crippen molar-refractivity contribution in [2.24, 2.45) is 0 Å². The first kappa shape index (κ1) is 10.3. The Labute approximate surface area is 93.7 Å². The summed E-state index contributed by atoms with van der Waals surface area (Å²) in [5.41, 5.74) is 1.03. The lowest BCUT2D eigenvalue weighted by atomic mass is 10.2. The fraction of sp³-hybridized carbons (Fsp3) is 0.333.